The number of hydrogen-bond donors (Lipinski definition) is 1. The summed E-state index contributed by atoms with van der Waals surface area (Å²) in [5.74, 6) is 0.896. The molecule has 2 rings (SSSR count). The van der Waals surface area contributed by atoms with Crippen LogP contribution in [0, 0.1) is 0 Å². The van der Waals surface area contributed by atoms with Gasteiger partial charge in [-0.05, 0) is 37.3 Å². The lowest BCUT2D eigenvalue weighted by atomic mass is 10.3. The van der Waals surface area contributed by atoms with E-state index in [9.17, 15) is 4.79 Å². The molecule has 22 heavy (non-hydrogen) atoms. The van der Waals surface area contributed by atoms with Crippen molar-refractivity contribution in [1.82, 2.24) is 0 Å². The van der Waals surface area contributed by atoms with Crippen LogP contribution in [0.2, 0.25) is 5.02 Å². The van der Waals surface area contributed by atoms with Gasteiger partial charge in [-0.25, -0.2) is 0 Å². The summed E-state index contributed by atoms with van der Waals surface area (Å²) in [6, 6.07) is 12.4. The zero-order valence-electron chi connectivity index (χ0n) is 11.9. The van der Waals surface area contributed by atoms with Crippen LogP contribution in [-0.2, 0) is 4.79 Å². The highest BCUT2D eigenvalue weighted by Crippen LogP contribution is 2.27. The molecule has 6 heteroatoms. The van der Waals surface area contributed by atoms with Gasteiger partial charge in [0.15, 0.2) is 6.61 Å². The van der Waals surface area contributed by atoms with Gasteiger partial charge in [0.25, 0.3) is 5.91 Å². The lowest BCUT2D eigenvalue weighted by Gasteiger charge is -2.10. The fourth-order valence-corrected chi connectivity index (χ4v) is 2.49. The summed E-state index contributed by atoms with van der Waals surface area (Å²) < 4.78 is 11.6. The second-order valence-electron chi connectivity index (χ2n) is 4.37. The molecule has 0 saturated heterocycles. The predicted octanol–water partition coefficient (Wildman–Crippen LogP) is 4.52. The Kier molecular flexibility index (Phi) is 6.10. The van der Waals surface area contributed by atoms with Crippen molar-refractivity contribution in [1.29, 1.82) is 0 Å². The molecule has 1 amide bonds. The Labute approximate surface area is 142 Å². The minimum Gasteiger partial charge on any atom is -0.494 e. The zero-order valence-corrected chi connectivity index (χ0v) is 14.3. The van der Waals surface area contributed by atoms with Gasteiger partial charge in [0.05, 0.1) is 11.6 Å². The molecule has 0 aliphatic carbocycles. The van der Waals surface area contributed by atoms with Crippen molar-refractivity contribution < 1.29 is 14.3 Å². The SMILES string of the molecule is CCOc1cccc(NC(=O)COc2ccc(Br)cc2Cl)c1. The molecule has 2 aromatic rings. The maximum atomic E-state index is 11.9. The van der Waals surface area contributed by atoms with Crippen LogP contribution in [0.25, 0.3) is 0 Å². The molecule has 0 aromatic heterocycles. The first-order valence-corrected chi connectivity index (χ1v) is 7.86. The number of anilines is 1. The van der Waals surface area contributed by atoms with E-state index in [2.05, 4.69) is 21.2 Å². The van der Waals surface area contributed by atoms with E-state index < -0.39 is 0 Å². The standard InChI is InChI=1S/C16H15BrClNO3/c1-2-21-13-5-3-4-12(9-13)19-16(20)10-22-15-7-6-11(17)8-14(15)18/h3-9H,2,10H2,1H3,(H,19,20). The summed E-state index contributed by atoms with van der Waals surface area (Å²) in [6.07, 6.45) is 0. The largest absolute Gasteiger partial charge is 0.494 e. The molecule has 0 fully saturated rings. The predicted molar refractivity (Wildman–Crippen MR) is 90.9 cm³/mol. The van der Waals surface area contributed by atoms with Gasteiger partial charge < -0.3 is 14.8 Å². The number of nitrogens with one attached hydrogen (secondary N) is 1. The van der Waals surface area contributed by atoms with Gasteiger partial charge in [0.2, 0.25) is 0 Å². The van der Waals surface area contributed by atoms with Gasteiger partial charge in [-0.2, -0.15) is 0 Å². The molecule has 0 spiro atoms. The van der Waals surface area contributed by atoms with E-state index in [1.54, 1.807) is 30.3 Å². The van der Waals surface area contributed by atoms with Crippen molar-refractivity contribution >= 4 is 39.1 Å². The van der Waals surface area contributed by atoms with Crippen LogP contribution >= 0.6 is 27.5 Å². The Hall–Kier alpha value is -1.72. The second kappa shape index (κ2) is 8.06. The van der Waals surface area contributed by atoms with Crippen molar-refractivity contribution in [3.63, 3.8) is 0 Å². The number of benzene rings is 2. The monoisotopic (exact) mass is 383 g/mol. The number of halogens is 2. The molecule has 0 aliphatic heterocycles. The normalized spacial score (nSPS) is 10.1. The molecule has 4 nitrogen and oxygen atoms in total. The number of hydrogen-bond acceptors (Lipinski definition) is 3. The highest BCUT2D eigenvalue weighted by molar-refractivity contribution is 9.10. The fourth-order valence-electron chi connectivity index (χ4n) is 1.76. The molecule has 0 unspecified atom stereocenters. The van der Waals surface area contributed by atoms with Crippen molar-refractivity contribution in [2.75, 3.05) is 18.5 Å². The second-order valence-corrected chi connectivity index (χ2v) is 5.70. The smallest absolute Gasteiger partial charge is 0.262 e. The van der Waals surface area contributed by atoms with Crippen LogP contribution in [-0.4, -0.2) is 19.1 Å². The Morgan fingerprint density at radius 1 is 1.23 bits per heavy atom. The molecule has 0 heterocycles. The lowest BCUT2D eigenvalue weighted by molar-refractivity contribution is -0.118. The summed E-state index contributed by atoms with van der Waals surface area (Å²) in [6.45, 7) is 2.35. The number of carbonyl (C=O) groups is 1. The van der Waals surface area contributed by atoms with Gasteiger partial charge in [0.1, 0.15) is 11.5 Å². The molecular formula is C16H15BrClNO3. The number of ether oxygens (including phenoxy) is 2. The molecular weight excluding hydrogens is 370 g/mol. The van der Waals surface area contributed by atoms with Gasteiger partial charge in [-0.3, -0.25) is 4.79 Å². The summed E-state index contributed by atoms with van der Waals surface area (Å²) in [7, 11) is 0. The maximum absolute atomic E-state index is 11.9. The van der Waals surface area contributed by atoms with E-state index in [-0.39, 0.29) is 12.5 Å². The first-order valence-electron chi connectivity index (χ1n) is 6.69. The van der Waals surface area contributed by atoms with Crippen molar-refractivity contribution in [3.05, 3.63) is 52.0 Å². The molecule has 0 saturated carbocycles. The molecule has 0 atom stereocenters. The summed E-state index contributed by atoms with van der Waals surface area (Å²) >= 11 is 9.33. The molecule has 0 bridgehead atoms. The van der Waals surface area contributed by atoms with E-state index in [0.29, 0.717) is 28.8 Å². The van der Waals surface area contributed by atoms with Crippen molar-refractivity contribution in [3.8, 4) is 11.5 Å². The molecule has 0 radical (unpaired) electrons. The third-order valence-corrected chi connectivity index (χ3v) is 3.47. The highest BCUT2D eigenvalue weighted by atomic mass is 79.9. The maximum Gasteiger partial charge on any atom is 0.262 e. The average Bonchev–Trinajstić information content (AvgIpc) is 2.47. The van der Waals surface area contributed by atoms with Crippen LogP contribution in [0.15, 0.2) is 46.9 Å². The summed E-state index contributed by atoms with van der Waals surface area (Å²) in [4.78, 5) is 11.9. The minimum absolute atomic E-state index is 0.125. The fraction of sp³-hybridized carbons (Fsp3) is 0.188. The summed E-state index contributed by atoms with van der Waals surface area (Å²) in [5.41, 5.74) is 0.654. The van der Waals surface area contributed by atoms with Crippen molar-refractivity contribution in [2.45, 2.75) is 6.92 Å². The molecule has 2 aromatic carbocycles. The van der Waals surface area contributed by atoms with E-state index in [1.807, 2.05) is 19.1 Å². The minimum atomic E-state index is -0.271. The third kappa shape index (κ3) is 4.93. The van der Waals surface area contributed by atoms with E-state index in [0.717, 1.165) is 4.47 Å². The van der Waals surface area contributed by atoms with Gasteiger partial charge in [-0.1, -0.05) is 33.6 Å². The number of carbonyl (C=O) groups excluding carboxylic acids is 1. The van der Waals surface area contributed by atoms with Crippen molar-refractivity contribution in [2.24, 2.45) is 0 Å². The average molecular weight is 385 g/mol. The highest BCUT2D eigenvalue weighted by Gasteiger charge is 2.07. The van der Waals surface area contributed by atoms with Crippen LogP contribution < -0.4 is 14.8 Å². The molecule has 116 valence electrons. The first-order chi connectivity index (χ1) is 10.6. The van der Waals surface area contributed by atoms with Crippen LogP contribution in [0.3, 0.4) is 0 Å². The Morgan fingerprint density at radius 3 is 2.77 bits per heavy atom. The van der Waals surface area contributed by atoms with Gasteiger partial charge in [-0.15, -0.1) is 0 Å². The van der Waals surface area contributed by atoms with Gasteiger partial charge >= 0.3 is 0 Å². The number of amides is 1. The number of rotatable bonds is 6. The van der Waals surface area contributed by atoms with Crippen LogP contribution in [0.1, 0.15) is 6.92 Å². The van der Waals surface area contributed by atoms with E-state index >= 15 is 0 Å². The van der Waals surface area contributed by atoms with E-state index in [1.165, 1.54) is 0 Å². The quantitative estimate of drug-likeness (QED) is 0.796. The Morgan fingerprint density at radius 2 is 2.05 bits per heavy atom. The molecule has 0 aliphatic rings. The summed E-state index contributed by atoms with van der Waals surface area (Å²) in [5, 5.41) is 3.19. The van der Waals surface area contributed by atoms with Gasteiger partial charge in [0, 0.05) is 16.2 Å². The van der Waals surface area contributed by atoms with E-state index in [4.69, 9.17) is 21.1 Å². The Bertz CT molecular complexity index is 664. The topological polar surface area (TPSA) is 47.6 Å². The lowest BCUT2D eigenvalue weighted by Crippen LogP contribution is -2.20. The zero-order chi connectivity index (χ0) is 15.9. The van der Waals surface area contributed by atoms with Crippen LogP contribution in [0.5, 0.6) is 11.5 Å². The van der Waals surface area contributed by atoms with Crippen LogP contribution in [0.4, 0.5) is 5.69 Å². The third-order valence-electron chi connectivity index (χ3n) is 2.68. The first kappa shape index (κ1) is 16.6. The Balaban J connectivity index is 1.91. The molecule has 1 N–H and O–H groups in total.